The molecule has 0 spiro atoms. The van der Waals surface area contributed by atoms with Gasteiger partial charge >= 0.3 is 0 Å². The van der Waals surface area contributed by atoms with Crippen LogP contribution >= 0.6 is 0 Å². The molecular weight excluding hydrogens is 222 g/mol. The molecule has 2 heteroatoms. The average molecular weight is 241 g/mol. The molecule has 0 amide bonds. The first-order chi connectivity index (χ1) is 8.65. The summed E-state index contributed by atoms with van der Waals surface area (Å²) in [5.74, 6) is 0.310. The third-order valence-corrected chi connectivity index (χ3v) is 3.09. The van der Waals surface area contributed by atoms with Crippen molar-refractivity contribution < 1.29 is 5.11 Å². The molecule has 18 heavy (non-hydrogen) atoms. The van der Waals surface area contributed by atoms with E-state index in [0.717, 1.165) is 6.54 Å². The van der Waals surface area contributed by atoms with Crippen molar-refractivity contribution in [3.05, 3.63) is 65.2 Å². The molecule has 0 saturated carbocycles. The predicted molar refractivity (Wildman–Crippen MR) is 74.5 cm³/mol. The lowest BCUT2D eigenvalue weighted by atomic mass is 10.1. The molecule has 2 N–H and O–H groups in total. The number of phenols is 1. The van der Waals surface area contributed by atoms with Crippen LogP contribution in [0.2, 0.25) is 0 Å². The molecule has 0 fully saturated rings. The number of phenolic OH excluding ortho intramolecular Hbond substituents is 1. The van der Waals surface area contributed by atoms with Crippen molar-refractivity contribution in [2.45, 2.75) is 26.4 Å². The highest BCUT2D eigenvalue weighted by atomic mass is 16.3. The van der Waals surface area contributed by atoms with Gasteiger partial charge in [-0.1, -0.05) is 42.0 Å². The van der Waals surface area contributed by atoms with E-state index in [4.69, 9.17) is 0 Å². The van der Waals surface area contributed by atoms with E-state index in [0.29, 0.717) is 5.75 Å². The number of benzene rings is 2. The number of nitrogens with one attached hydrogen (secondary N) is 1. The second-order valence-electron chi connectivity index (χ2n) is 4.68. The van der Waals surface area contributed by atoms with Crippen LogP contribution < -0.4 is 5.32 Å². The van der Waals surface area contributed by atoms with Gasteiger partial charge in [-0.3, -0.25) is 0 Å². The van der Waals surface area contributed by atoms with E-state index in [1.807, 2.05) is 12.1 Å². The van der Waals surface area contributed by atoms with E-state index in [1.165, 1.54) is 16.7 Å². The summed E-state index contributed by atoms with van der Waals surface area (Å²) in [6.07, 6.45) is 0. The third-order valence-electron chi connectivity index (χ3n) is 3.09. The summed E-state index contributed by atoms with van der Waals surface area (Å²) in [6.45, 7) is 5.08. The van der Waals surface area contributed by atoms with Crippen LogP contribution in [0, 0.1) is 6.92 Å². The molecule has 0 bridgehead atoms. The molecule has 94 valence electrons. The fourth-order valence-electron chi connectivity index (χ4n) is 1.97. The Kier molecular flexibility index (Phi) is 4.00. The zero-order valence-electron chi connectivity index (χ0n) is 10.9. The van der Waals surface area contributed by atoms with Crippen LogP contribution in [-0.2, 0) is 6.54 Å². The number of aromatic hydroxyl groups is 1. The SMILES string of the molecule is Cc1cccc(CNC(C)c2ccc(O)cc2)c1. The lowest BCUT2D eigenvalue weighted by Gasteiger charge is -2.14. The van der Waals surface area contributed by atoms with Crippen molar-refractivity contribution >= 4 is 0 Å². The molecule has 0 aromatic heterocycles. The van der Waals surface area contributed by atoms with Crippen LogP contribution in [-0.4, -0.2) is 5.11 Å². The van der Waals surface area contributed by atoms with Gasteiger partial charge in [0.05, 0.1) is 0 Å². The van der Waals surface area contributed by atoms with Gasteiger partial charge in [-0.15, -0.1) is 0 Å². The second kappa shape index (κ2) is 5.69. The normalized spacial score (nSPS) is 12.3. The average Bonchev–Trinajstić information content (AvgIpc) is 2.37. The van der Waals surface area contributed by atoms with Gasteiger partial charge in [0.2, 0.25) is 0 Å². The molecule has 1 atom stereocenters. The third kappa shape index (κ3) is 3.34. The smallest absolute Gasteiger partial charge is 0.115 e. The van der Waals surface area contributed by atoms with Crippen molar-refractivity contribution in [2.24, 2.45) is 0 Å². The largest absolute Gasteiger partial charge is 0.508 e. The molecule has 0 heterocycles. The fraction of sp³-hybridized carbons (Fsp3) is 0.250. The maximum Gasteiger partial charge on any atom is 0.115 e. The van der Waals surface area contributed by atoms with E-state index < -0.39 is 0 Å². The van der Waals surface area contributed by atoms with E-state index in [-0.39, 0.29) is 6.04 Å². The first-order valence-electron chi connectivity index (χ1n) is 6.23. The predicted octanol–water partition coefficient (Wildman–Crippen LogP) is 3.55. The van der Waals surface area contributed by atoms with E-state index in [9.17, 15) is 5.11 Å². The van der Waals surface area contributed by atoms with Gasteiger partial charge in [-0.25, -0.2) is 0 Å². The van der Waals surface area contributed by atoms with Crippen LogP contribution in [0.1, 0.15) is 29.7 Å². The van der Waals surface area contributed by atoms with E-state index in [1.54, 1.807) is 12.1 Å². The molecule has 1 unspecified atom stereocenters. The zero-order valence-corrected chi connectivity index (χ0v) is 10.9. The molecule has 0 aliphatic heterocycles. The monoisotopic (exact) mass is 241 g/mol. The Labute approximate surface area is 108 Å². The number of hydrogen-bond acceptors (Lipinski definition) is 2. The Morgan fingerprint density at radius 2 is 1.83 bits per heavy atom. The summed E-state index contributed by atoms with van der Waals surface area (Å²) < 4.78 is 0. The van der Waals surface area contributed by atoms with Crippen molar-refractivity contribution in [3.63, 3.8) is 0 Å². The van der Waals surface area contributed by atoms with E-state index in [2.05, 4.69) is 43.4 Å². The van der Waals surface area contributed by atoms with Crippen LogP contribution in [0.25, 0.3) is 0 Å². The highest BCUT2D eigenvalue weighted by Gasteiger charge is 2.04. The lowest BCUT2D eigenvalue weighted by Crippen LogP contribution is -2.17. The van der Waals surface area contributed by atoms with Gasteiger partial charge < -0.3 is 10.4 Å². The molecule has 0 aliphatic carbocycles. The zero-order chi connectivity index (χ0) is 13.0. The Morgan fingerprint density at radius 3 is 2.50 bits per heavy atom. The lowest BCUT2D eigenvalue weighted by molar-refractivity contribution is 0.474. The van der Waals surface area contributed by atoms with Crippen LogP contribution in [0.15, 0.2) is 48.5 Å². The Hall–Kier alpha value is -1.80. The van der Waals surface area contributed by atoms with E-state index >= 15 is 0 Å². The first-order valence-corrected chi connectivity index (χ1v) is 6.23. The van der Waals surface area contributed by atoms with Gasteiger partial charge in [-0.2, -0.15) is 0 Å². The topological polar surface area (TPSA) is 32.3 Å². The Balaban J connectivity index is 1.96. The van der Waals surface area contributed by atoms with Crippen molar-refractivity contribution in [2.75, 3.05) is 0 Å². The number of rotatable bonds is 4. The van der Waals surface area contributed by atoms with Crippen molar-refractivity contribution in [1.29, 1.82) is 0 Å². The van der Waals surface area contributed by atoms with Gasteiger partial charge in [-0.05, 0) is 37.1 Å². The molecule has 2 nitrogen and oxygen atoms in total. The minimum absolute atomic E-state index is 0.270. The van der Waals surface area contributed by atoms with Gasteiger partial charge in [0, 0.05) is 12.6 Å². The quantitative estimate of drug-likeness (QED) is 0.858. The maximum absolute atomic E-state index is 9.26. The summed E-state index contributed by atoms with van der Waals surface area (Å²) >= 11 is 0. The second-order valence-corrected chi connectivity index (χ2v) is 4.68. The standard InChI is InChI=1S/C16H19NO/c1-12-4-3-5-14(10-12)11-17-13(2)15-6-8-16(18)9-7-15/h3-10,13,17-18H,11H2,1-2H3. The molecule has 0 saturated heterocycles. The molecule has 2 rings (SSSR count). The summed E-state index contributed by atoms with van der Waals surface area (Å²) in [6, 6.07) is 16.1. The first kappa shape index (κ1) is 12.7. The Bertz CT molecular complexity index is 505. The highest BCUT2D eigenvalue weighted by Crippen LogP contribution is 2.17. The summed E-state index contributed by atoms with van der Waals surface area (Å²) in [5.41, 5.74) is 3.76. The van der Waals surface area contributed by atoms with Crippen molar-refractivity contribution in [3.8, 4) is 5.75 Å². The molecule has 2 aromatic carbocycles. The van der Waals surface area contributed by atoms with Gasteiger partial charge in [0.25, 0.3) is 0 Å². The molecule has 0 radical (unpaired) electrons. The van der Waals surface area contributed by atoms with Crippen molar-refractivity contribution in [1.82, 2.24) is 5.32 Å². The fourth-order valence-corrected chi connectivity index (χ4v) is 1.97. The highest BCUT2D eigenvalue weighted by molar-refractivity contribution is 5.28. The Morgan fingerprint density at radius 1 is 1.11 bits per heavy atom. The maximum atomic E-state index is 9.26. The van der Waals surface area contributed by atoms with Crippen LogP contribution in [0.4, 0.5) is 0 Å². The minimum atomic E-state index is 0.270. The molecule has 2 aromatic rings. The summed E-state index contributed by atoms with van der Waals surface area (Å²) in [7, 11) is 0. The van der Waals surface area contributed by atoms with Gasteiger partial charge in [0.1, 0.15) is 5.75 Å². The van der Waals surface area contributed by atoms with Crippen LogP contribution in [0.5, 0.6) is 5.75 Å². The minimum Gasteiger partial charge on any atom is -0.508 e. The molecule has 0 aliphatic rings. The van der Waals surface area contributed by atoms with Crippen LogP contribution in [0.3, 0.4) is 0 Å². The summed E-state index contributed by atoms with van der Waals surface area (Å²) in [4.78, 5) is 0. The summed E-state index contributed by atoms with van der Waals surface area (Å²) in [5, 5.41) is 12.7. The van der Waals surface area contributed by atoms with Gasteiger partial charge in [0.15, 0.2) is 0 Å². The molecular formula is C16H19NO. The number of aryl methyl sites for hydroxylation is 1. The number of hydrogen-bond donors (Lipinski definition) is 2.